The number of carbonyl (C=O) groups is 1. The maximum absolute atomic E-state index is 11.1. The van der Waals surface area contributed by atoms with E-state index in [1.54, 1.807) is 0 Å². The lowest BCUT2D eigenvalue weighted by atomic mass is 9.99. The van der Waals surface area contributed by atoms with E-state index < -0.39 is 5.97 Å². The zero-order valence-corrected chi connectivity index (χ0v) is 17.3. The van der Waals surface area contributed by atoms with Crippen molar-refractivity contribution in [1.29, 1.82) is 0 Å². The third-order valence-corrected chi connectivity index (χ3v) is 6.76. The Morgan fingerprint density at radius 2 is 1.83 bits per heavy atom. The van der Waals surface area contributed by atoms with Crippen LogP contribution in [0.5, 0.6) is 0 Å². The summed E-state index contributed by atoms with van der Waals surface area (Å²) >= 11 is 0. The second-order valence-corrected chi connectivity index (χ2v) is 8.77. The SMILES string of the molecule is C[C@@H](NC1CCN(c2ccc([C@@H]3C[C@H]3C(=O)O)cc2)C1)c1cccc2ccccc12. The maximum Gasteiger partial charge on any atom is 0.307 e. The van der Waals surface area contributed by atoms with Gasteiger partial charge in [-0.2, -0.15) is 0 Å². The lowest BCUT2D eigenvalue weighted by molar-refractivity contribution is -0.138. The number of fused-ring (bicyclic) bond motifs is 1. The van der Waals surface area contributed by atoms with Gasteiger partial charge in [-0.3, -0.25) is 4.79 Å². The lowest BCUT2D eigenvalue weighted by Crippen LogP contribution is -2.34. The molecule has 1 saturated heterocycles. The summed E-state index contributed by atoms with van der Waals surface area (Å²) in [6, 6.07) is 24.4. The van der Waals surface area contributed by atoms with Crippen LogP contribution in [0, 0.1) is 5.92 Å². The van der Waals surface area contributed by atoms with Gasteiger partial charge >= 0.3 is 5.97 Å². The normalized spacial score (nSPS) is 24.2. The van der Waals surface area contributed by atoms with Gasteiger partial charge in [0.2, 0.25) is 0 Å². The zero-order valence-electron chi connectivity index (χ0n) is 17.3. The van der Waals surface area contributed by atoms with Crippen molar-refractivity contribution in [3.8, 4) is 0 Å². The number of rotatable bonds is 6. The molecule has 2 N–H and O–H groups in total. The van der Waals surface area contributed by atoms with Crippen LogP contribution in [-0.2, 0) is 4.79 Å². The van der Waals surface area contributed by atoms with Crippen molar-refractivity contribution in [2.75, 3.05) is 18.0 Å². The number of carboxylic acids is 1. The van der Waals surface area contributed by atoms with E-state index in [0.29, 0.717) is 12.1 Å². The molecule has 30 heavy (non-hydrogen) atoms. The molecule has 154 valence electrons. The van der Waals surface area contributed by atoms with Crippen LogP contribution in [-0.4, -0.2) is 30.2 Å². The van der Waals surface area contributed by atoms with E-state index in [-0.39, 0.29) is 11.8 Å². The summed E-state index contributed by atoms with van der Waals surface area (Å²) in [6.07, 6.45) is 1.90. The average molecular weight is 401 g/mol. The van der Waals surface area contributed by atoms with Gasteiger partial charge in [0.25, 0.3) is 0 Å². The summed E-state index contributed by atoms with van der Waals surface area (Å²) in [4.78, 5) is 13.5. The smallest absolute Gasteiger partial charge is 0.307 e. The molecule has 1 aliphatic carbocycles. The van der Waals surface area contributed by atoms with Gasteiger partial charge in [-0.05, 0) is 59.7 Å². The third-order valence-electron chi connectivity index (χ3n) is 6.76. The fourth-order valence-electron chi connectivity index (χ4n) is 4.97. The van der Waals surface area contributed by atoms with Crippen molar-refractivity contribution < 1.29 is 9.90 Å². The fraction of sp³-hybridized carbons (Fsp3) is 0.346. The van der Waals surface area contributed by atoms with Crippen LogP contribution in [0.3, 0.4) is 0 Å². The Balaban J connectivity index is 1.22. The summed E-state index contributed by atoms with van der Waals surface area (Å²) in [5.74, 6) is -0.657. The minimum Gasteiger partial charge on any atom is -0.481 e. The molecule has 5 rings (SSSR count). The van der Waals surface area contributed by atoms with E-state index in [9.17, 15) is 4.79 Å². The van der Waals surface area contributed by atoms with Crippen molar-refractivity contribution in [3.05, 3.63) is 77.9 Å². The highest BCUT2D eigenvalue weighted by atomic mass is 16.4. The predicted molar refractivity (Wildman–Crippen MR) is 121 cm³/mol. The highest BCUT2D eigenvalue weighted by molar-refractivity contribution is 5.86. The Bertz CT molecular complexity index is 1060. The Labute approximate surface area is 177 Å². The number of hydrogen-bond donors (Lipinski definition) is 2. The predicted octanol–water partition coefficient (Wildman–Crippen LogP) is 4.96. The Hall–Kier alpha value is -2.85. The molecule has 0 radical (unpaired) electrons. The number of benzene rings is 3. The molecule has 2 aliphatic rings. The van der Waals surface area contributed by atoms with Crippen LogP contribution < -0.4 is 10.2 Å². The molecule has 0 amide bonds. The molecule has 4 heteroatoms. The molecule has 4 atom stereocenters. The average Bonchev–Trinajstić information content (AvgIpc) is 3.45. The van der Waals surface area contributed by atoms with Crippen LogP contribution in [0.1, 0.15) is 42.9 Å². The molecule has 1 unspecified atom stereocenters. The standard InChI is InChI=1S/C26H28N2O2/c1-17(22-8-4-6-18-5-2-3-7-23(18)22)27-20-13-14-28(16-20)21-11-9-19(10-12-21)24-15-25(24)26(29)30/h2-12,17,20,24-25,27H,13-16H2,1H3,(H,29,30)/t17-,20?,24+,25-/m1/s1. The van der Waals surface area contributed by atoms with E-state index >= 15 is 0 Å². The Morgan fingerprint density at radius 3 is 2.60 bits per heavy atom. The molecule has 1 saturated carbocycles. The van der Waals surface area contributed by atoms with Gasteiger partial charge in [-0.25, -0.2) is 0 Å². The van der Waals surface area contributed by atoms with E-state index in [4.69, 9.17) is 5.11 Å². The first-order valence-corrected chi connectivity index (χ1v) is 10.9. The quantitative estimate of drug-likeness (QED) is 0.614. The summed E-state index contributed by atoms with van der Waals surface area (Å²) in [6.45, 7) is 4.30. The Morgan fingerprint density at radius 1 is 1.07 bits per heavy atom. The van der Waals surface area contributed by atoms with Crippen LogP contribution in [0.15, 0.2) is 66.7 Å². The molecular formula is C26H28N2O2. The number of carboxylic acid groups (broad SMARTS) is 1. The van der Waals surface area contributed by atoms with Crippen LogP contribution >= 0.6 is 0 Å². The zero-order chi connectivity index (χ0) is 20.7. The first kappa shape index (κ1) is 19.1. The lowest BCUT2D eigenvalue weighted by Gasteiger charge is -2.23. The highest BCUT2D eigenvalue weighted by Crippen LogP contribution is 2.47. The molecule has 0 bridgehead atoms. The minimum absolute atomic E-state index is 0.188. The number of nitrogens with one attached hydrogen (secondary N) is 1. The van der Waals surface area contributed by atoms with Gasteiger partial charge in [0.05, 0.1) is 5.92 Å². The van der Waals surface area contributed by atoms with Crippen LogP contribution in [0.2, 0.25) is 0 Å². The van der Waals surface area contributed by atoms with Crippen molar-refractivity contribution >= 4 is 22.4 Å². The van der Waals surface area contributed by atoms with Crippen LogP contribution in [0.4, 0.5) is 5.69 Å². The van der Waals surface area contributed by atoms with Gasteiger partial charge in [-0.15, -0.1) is 0 Å². The van der Waals surface area contributed by atoms with E-state index in [0.717, 1.165) is 31.5 Å². The molecule has 1 heterocycles. The van der Waals surface area contributed by atoms with Crippen molar-refractivity contribution in [2.24, 2.45) is 5.92 Å². The fourth-order valence-corrected chi connectivity index (χ4v) is 4.97. The van der Waals surface area contributed by atoms with Gasteiger partial charge < -0.3 is 15.3 Å². The summed E-state index contributed by atoms with van der Waals surface area (Å²) < 4.78 is 0. The highest BCUT2D eigenvalue weighted by Gasteiger charge is 2.44. The summed E-state index contributed by atoms with van der Waals surface area (Å²) in [5.41, 5.74) is 3.74. The summed E-state index contributed by atoms with van der Waals surface area (Å²) in [7, 11) is 0. The van der Waals surface area contributed by atoms with Crippen molar-refractivity contribution in [3.63, 3.8) is 0 Å². The largest absolute Gasteiger partial charge is 0.481 e. The third kappa shape index (κ3) is 3.68. The van der Waals surface area contributed by atoms with Gasteiger partial charge in [0.1, 0.15) is 0 Å². The van der Waals surface area contributed by atoms with E-state index in [1.165, 1.54) is 22.0 Å². The monoisotopic (exact) mass is 400 g/mol. The minimum atomic E-state index is -0.669. The molecular weight excluding hydrogens is 372 g/mol. The van der Waals surface area contributed by atoms with Gasteiger partial charge in [0, 0.05) is 30.9 Å². The number of hydrogen-bond acceptors (Lipinski definition) is 3. The molecule has 0 spiro atoms. The van der Waals surface area contributed by atoms with Gasteiger partial charge in [0.15, 0.2) is 0 Å². The molecule has 2 fully saturated rings. The molecule has 1 aliphatic heterocycles. The maximum atomic E-state index is 11.1. The molecule has 4 nitrogen and oxygen atoms in total. The number of nitrogens with zero attached hydrogens (tertiary/aromatic N) is 1. The van der Waals surface area contributed by atoms with E-state index in [1.807, 2.05) is 0 Å². The van der Waals surface area contributed by atoms with Crippen molar-refractivity contribution in [1.82, 2.24) is 5.32 Å². The van der Waals surface area contributed by atoms with Crippen molar-refractivity contribution in [2.45, 2.75) is 37.8 Å². The topological polar surface area (TPSA) is 52.6 Å². The second-order valence-electron chi connectivity index (χ2n) is 8.77. The van der Waals surface area contributed by atoms with E-state index in [2.05, 4.69) is 83.9 Å². The van der Waals surface area contributed by atoms with Gasteiger partial charge in [-0.1, -0.05) is 54.6 Å². The molecule has 0 aromatic heterocycles. The first-order valence-electron chi connectivity index (χ1n) is 10.9. The van der Waals surface area contributed by atoms with Crippen LogP contribution in [0.25, 0.3) is 10.8 Å². The molecule has 3 aromatic rings. The Kier molecular flexibility index (Phi) is 4.95. The first-order chi connectivity index (χ1) is 14.6. The number of anilines is 1. The summed E-state index contributed by atoms with van der Waals surface area (Å²) in [5, 5.41) is 15.6. The second kappa shape index (κ2) is 7.77. The number of aliphatic carboxylic acids is 1. The molecule has 3 aromatic carbocycles.